The topological polar surface area (TPSA) is 84.7 Å². The first-order valence-electron chi connectivity index (χ1n) is 9.17. The summed E-state index contributed by atoms with van der Waals surface area (Å²) < 4.78 is 6.88. The summed E-state index contributed by atoms with van der Waals surface area (Å²) in [6.07, 6.45) is 5.20. The van der Waals surface area contributed by atoms with Crippen LogP contribution in [0.25, 0.3) is 0 Å². The van der Waals surface area contributed by atoms with Gasteiger partial charge in [-0.05, 0) is 37.0 Å². The molecule has 1 N–H and O–H groups in total. The van der Waals surface area contributed by atoms with Crippen LogP contribution >= 0.6 is 0 Å². The molecule has 1 atom stereocenters. The van der Waals surface area contributed by atoms with E-state index in [1.54, 1.807) is 18.0 Å². The van der Waals surface area contributed by atoms with E-state index >= 15 is 0 Å². The van der Waals surface area contributed by atoms with Crippen molar-refractivity contribution in [1.29, 1.82) is 0 Å². The lowest BCUT2D eigenvalue weighted by atomic mass is 9.97. The minimum atomic E-state index is -0.971. The second kappa shape index (κ2) is 8.24. The molecule has 0 saturated carbocycles. The third-order valence-electron chi connectivity index (χ3n) is 5.12. The zero-order valence-corrected chi connectivity index (χ0v) is 15.7. The van der Waals surface area contributed by atoms with Gasteiger partial charge in [0, 0.05) is 25.2 Å². The number of carboxylic acids is 1. The number of piperidine rings is 1. The number of methoxy groups -OCH3 is 1. The number of hydrogen-bond acceptors (Lipinski definition) is 4. The highest BCUT2D eigenvalue weighted by molar-refractivity contribution is 5.86. The summed E-state index contributed by atoms with van der Waals surface area (Å²) >= 11 is 0. The monoisotopic (exact) mass is 371 g/mol. The Balaban J connectivity index is 1.53. The first-order chi connectivity index (χ1) is 13.0. The van der Waals surface area contributed by atoms with Crippen LogP contribution in [0.3, 0.4) is 0 Å². The lowest BCUT2D eigenvalue weighted by Gasteiger charge is -2.33. The van der Waals surface area contributed by atoms with Crippen LogP contribution in [0.15, 0.2) is 36.7 Å². The predicted molar refractivity (Wildman–Crippen MR) is 99.9 cm³/mol. The number of aromatic carboxylic acids is 1. The fraction of sp³-hybridized carbons (Fsp3) is 0.450. The molecule has 2 aromatic rings. The third kappa shape index (κ3) is 4.48. The third-order valence-corrected chi connectivity index (χ3v) is 5.12. The van der Waals surface area contributed by atoms with Crippen LogP contribution in [-0.4, -0.2) is 51.9 Å². The van der Waals surface area contributed by atoms with Gasteiger partial charge in [0.05, 0.1) is 24.9 Å². The zero-order valence-electron chi connectivity index (χ0n) is 15.7. The molecule has 0 spiro atoms. The molecule has 0 aliphatic carbocycles. The van der Waals surface area contributed by atoms with Crippen molar-refractivity contribution in [2.24, 2.45) is 5.92 Å². The Labute approximate surface area is 158 Å². The maximum atomic E-state index is 12.8. The number of carbonyl (C=O) groups excluding carboxylic acids is 1. The molecule has 1 aromatic heterocycles. The largest absolute Gasteiger partial charge is 0.497 e. The highest BCUT2D eigenvalue weighted by Gasteiger charge is 2.27. The predicted octanol–water partition coefficient (Wildman–Crippen LogP) is 2.63. The summed E-state index contributed by atoms with van der Waals surface area (Å²) in [5, 5.41) is 13.2. The Kier molecular flexibility index (Phi) is 5.78. The first kappa shape index (κ1) is 18.9. The Morgan fingerprint density at radius 1 is 1.26 bits per heavy atom. The van der Waals surface area contributed by atoms with E-state index in [0.29, 0.717) is 19.5 Å². The average Bonchev–Trinajstić information content (AvgIpc) is 3.18. The highest BCUT2D eigenvalue weighted by atomic mass is 16.5. The second-order valence-corrected chi connectivity index (χ2v) is 7.02. The molecule has 1 aliphatic rings. The van der Waals surface area contributed by atoms with E-state index in [2.05, 4.69) is 5.10 Å². The Morgan fingerprint density at radius 2 is 1.93 bits per heavy atom. The summed E-state index contributed by atoms with van der Waals surface area (Å²) in [5.74, 6) is -0.0834. The second-order valence-electron chi connectivity index (χ2n) is 7.02. The average molecular weight is 371 g/mol. The summed E-state index contributed by atoms with van der Waals surface area (Å²) in [6.45, 7) is 3.29. The van der Waals surface area contributed by atoms with Gasteiger partial charge in [0.2, 0.25) is 5.91 Å². The molecule has 27 heavy (non-hydrogen) atoms. The van der Waals surface area contributed by atoms with Gasteiger partial charge in [-0.2, -0.15) is 5.10 Å². The number of carboxylic acid groups (broad SMARTS) is 1. The van der Waals surface area contributed by atoms with Crippen molar-refractivity contribution in [3.63, 3.8) is 0 Å². The summed E-state index contributed by atoms with van der Waals surface area (Å²) in [5.41, 5.74) is 1.31. The Bertz CT molecular complexity index is 792. The maximum absolute atomic E-state index is 12.8. The van der Waals surface area contributed by atoms with E-state index in [-0.39, 0.29) is 23.4 Å². The molecule has 0 bridgehead atoms. The van der Waals surface area contributed by atoms with Gasteiger partial charge in [0.25, 0.3) is 0 Å². The molecule has 2 heterocycles. The van der Waals surface area contributed by atoms with Crippen LogP contribution in [-0.2, 0) is 11.2 Å². The van der Waals surface area contributed by atoms with Crippen molar-refractivity contribution in [3.8, 4) is 5.75 Å². The molecule has 1 aromatic carbocycles. The van der Waals surface area contributed by atoms with Gasteiger partial charge >= 0.3 is 5.97 Å². The van der Waals surface area contributed by atoms with Crippen LogP contribution in [0.5, 0.6) is 5.75 Å². The molecule has 1 aliphatic heterocycles. The van der Waals surface area contributed by atoms with Gasteiger partial charge in [0.15, 0.2) is 0 Å². The number of ether oxygens (including phenoxy) is 1. The Hall–Kier alpha value is -2.83. The van der Waals surface area contributed by atoms with Gasteiger partial charge in [-0.25, -0.2) is 4.79 Å². The molecular formula is C20H25N3O4. The molecular weight excluding hydrogens is 346 g/mol. The number of nitrogens with zero attached hydrogens (tertiary/aromatic N) is 3. The fourth-order valence-corrected chi connectivity index (χ4v) is 3.51. The number of hydrogen-bond donors (Lipinski definition) is 1. The van der Waals surface area contributed by atoms with Crippen molar-refractivity contribution in [2.75, 3.05) is 20.2 Å². The molecule has 144 valence electrons. The SMILES string of the molecule is COc1ccc(CC(C)C(=O)N2CCC(n3cc(C(=O)O)cn3)CC2)cc1. The molecule has 1 fully saturated rings. The lowest BCUT2D eigenvalue weighted by Crippen LogP contribution is -2.42. The van der Waals surface area contributed by atoms with E-state index in [1.807, 2.05) is 36.1 Å². The fourth-order valence-electron chi connectivity index (χ4n) is 3.51. The van der Waals surface area contributed by atoms with E-state index in [4.69, 9.17) is 9.84 Å². The number of likely N-dealkylation sites (tertiary alicyclic amines) is 1. The minimum absolute atomic E-state index is 0.0849. The lowest BCUT2D eigenvalue weighted by molar-refractivity contribution is -0.136. The van der Waals surface area contributed by atoms with Gasteiger partial charge in [-0.15, -0.1) is 0 Å². The van der Waals surface area contributed by atoms with Crippen LogP contribution in [0.2, 0.25) is 0 Å². The van der Waals surface area contributed by atoms with Crippen molar-refractivity contribution < 1.29 is 19.4 Å². The first-order valence-corrected chi connectivity index (χ1v) is 9.17. The number of carbonyl (C=O) groups is 2. The molecule has 7 heteroatoms. The molecule has 1 saturated heterocycles. The van der Waals surface area contributed by atoms with E-state index in [9.17, 15) is 9.59 Å². The molecule has 3 rings (SSSR count). The van der Waals surface area contributed by atoms with Gasteiger partial charge in [0.1, 0.15) is 5.75 Å². The van der Waals surface area contributed by atoms with Crippen LogP contribution in [0.1, 0.15) is 41.7 Å². The van der Waals surface area contributed by atoms with Crippen molar-refractivity contribution in [1.82, 2.24) is 14.7 Å². The maximum Gasteiger partial charge on any atom is 0.338 e. The summed E-state index contributed by atoms with van der Waals surface area (Å²) in [4.78, 5) is 25.7. The van der Waals surface area contributed by atoms with E-state index in [0.717, 1.165) is 24.2 Å². The number of benzene rings is 1. The Morgan fingerprint density at radius 3 is 2.48 bits per heavy atom. The number of rotatable bonds is 6. The summed E-state index contributed by atoms with van der Waals surface area (Å²) in [6, 6.07) is 7.94. The van der Waals surface area contributed by atoms with Crippen LogP contribution < -0.4 is 4.74 Å². The van der Waals surface area contributed by atoms with Crippen molar-refractivity contribution in [2.45, 2.75) is 32.2 Å². The zero-order chi connectivity index (χ0) is 19.4. The molecule has 1 unspecified atom stereocenters. The van der Waals surface area contributed by atoms with Crippen LogP contribution in [0.4, 0.5) is 0 Å². The molecule has 7 nitrogen and oxygen atoms in total. The standard InChI is InChI=1S/C20H25N3O4/c1-14(11-15-3-5-18(27-2)6-4-15)19(24)22-9-7-17(8-10-22)23-13-16(12-21-23)20(25)26/h3-6,12-14,17H,7-11H2,1-2H3,(H,25,26). The number of amides is 1. The van der Waals surface area contributed by atoms with E-state index in [1.165, 1.54) is 6.20 Å². The van der Waals surface area contributed by atoms with Crippen molar-refractivity contribution >= 4 is 11.9 Å². The quantitative estimate of drug-likeness (QED) is 0.844. The van der Waals surface area contributed by atoms with Gasteiger partial charge < -0.3 is 14.7 Å². The van der Waals surface area contributed by atoms with Gasteiger partial charge in [-0.1, -0.05) is 19.1 Å². The molecule has 0 radical (unpaired) electrons. The van der Waals surface area contributed by atoms with Gasteiger partial charge in [-0.3, -0.25) is 9.48 Å². The van der Waals surface area contributed by atoms with E-state index < -0.39 is 5.97 Å². The number of aromatic nitrogens is 2. The normalized spacial score (nSPS) is 16.1. The van der Waals surface area contributed by atoms with Crippen molar-refractivity contribution in [3.05, 3.63) is 47.8 Å². The smallest absolute Gasteiger partial charge is 0.338 e. The summed E-state index contributed by atoms with van der Waals surface area (Å²) in [7, 11) is 1.64. The highest BCUT2D eigenvalue weighted by Crippen LogP contribution is 2.24. The molecule has 1 amide bonds. The minimum Gasteiger partial charge on any atom is -0.497 e. The van der Waals surface area contributed by atoms with Crippen LogP contribution in [0, 0.1) is 5.92 Å².